The van der Waals surface area contributed by atoms with Crippen LogP contribution in [0.15, 0.2) is 4.99 Å². The summed E-state index contributed by atoms with van der Waals surface area (Å²) in [5.41, 5.74) is -2.46. The standard InChI is InChI=1S/C12H16N2O4/c1-11-8(13-10(16)14(2)9(11)15)18-7-5-3-4-6-12(7,11)17/h7,17H,3-6H2,1-2H3. The van der Waals surface area contributed by atoms with Crippen molar-refractivity contribution in [1.29, 1.82) is 0 Å². The highest BCUT2D eigenvalue weighted by Gasteiger charge is 2.69. The Kier molecular flexibility index (Phi) is 2.15. The maximum Gasteiger partial charge on any atom is 0.353 e. The molecule has 1 saturated heterocycles. The minimum atomic E-state index is -1.24. The van der Waals surface area contributed by atoms with Crippen molar-refractivity contribution in [3.63, 3.8) is 0 Å². The number of aliphatic imine (C=N–C) groups is 1. The first-order valence-electron chi connectivity index (χ1n) is 6.21. The summed E-state index contributed by atoms with van der Waals surface area (Å²) in [6, 6.07) is -0.630. The average Bonchev–Trinajstić information content (AvgIpc) is 2.57. The van der Waals surface area contributed by atoms with Crippen molar-refractivity contribution >= 4 is 17.8 Å². The molecule has 0 spiro atoms. The van der Waals surface area contributed by atoms with Gasteiger partial charge in [-0.25, -0.2) is 4.79 Å². The van der Waals surface area contributed by atoms with Crippen LogP contribution >= 0.6 is 0 Å². The summed E-state index contributed by atoms with van der Waals surface area (Å²) in [5, 5.41) is 10.9. The van der Waals surface area contributed by atoms with E-state index in [1.54, 1.807) is 6.92 Å². The van der Waals surface area contributed by atoms with Crippen LogP contribution in [-0.4, -0.2) is 46.6 Å². The Hall–Kier alpha value is -1.43. The highest BCUT2D eigenvalue weighted by molar-refractivity contribution is 6.18. The van der Waals surface area contributed by atoms with Crippen molar-refractivity contribution in [1.82, 2.24) is 4.90 Å². The lowest BCUT2D eigenvalue weighted by Gasteiger charge is -2.42. The van der Waals surface area contributed by atoms with Gasteiger partial charge in [-0.3, -0.25) is 9.69 Å². The van der Waals surface area contributed by atoms with E-state index in [-0.39, 0.29) is 5.90 Å². The van der Waals surface area contributed by atoms with E-state index >= 15 is 0 Å². The van der Waals surface area contributed by atoms with E-state index in [9.17, 15) is 14.7 Å². The first-order chi connectivity index (χ1) is 8.41. The van der Waals surface area contributed by atoms with E-state index in [4.69, 9.17) is 4.74 Å². The Labute approximate surface area is 105 Å². The normalized spacial score (nSPS) is 43.2. The zero-order valence-electron chi connectivity index (χ0n) is 10.5. The molecule has 0 aromatic carbocycles. The summed E-state index contributed by atoms with van der Waals surface area (Å²) in [6.07, 6.45) is 2.56. The van der Waals surface area contributed by atoms with Gasteiger partial charge in [0.05, 0.1) is 0 Å². The smallest absolute Gasteiger partial charge is 0.353 e. The van der Waals surface area contributed by atoms with Crippen molar-refractivity contribution in [2.45, 2.75) is 44.3 Å². The molecule has 1 aliphatic carbocycles. The van der Waals surface area contributed by atoms with Crippen LogP contribution in [0, 0.1) is 5.41 Å². The number of urea groups is 1. The van der Waals surface area contributed by atoms with Gasteiger partial charge in [-0.05, 0) is 26.2 Å². The van der Waals surface area contributed by atoms with Crippen molar-refractivity contribution in [3.8, 4) is 0 Å². The molecule has 3 unspecified atom stereocenters. The van der Waals surface area contributed by atoms with Gasteiger partial charge in [0.25, 0.3) is 0 Å². The van der Waals surface area contributed by atoms with Gasteiger partial charge < -0.3 is 9.84 Å². The summed E-state index contributed by atoms with van der Waals surface area (Å²) >= 11 is 0. The molecule has 1 N–H and O–H groups in total. The van der Waals surface area contributed by atoms with E-state index < -0.39 is 29.1 Å². The van der Waals surface area contributed by atoms with E-state index in [0.29, 0.717) is 12.8 Å². The molecule has 18 heavy (non-hydrogen) atoms. The molecule has 6 nitrogen and oxygen atoms in total. The molecule has 3 atom stereocenters. The minimum Gasteiger partial charge on any atom is -0.473 e. The van der Waals surface area contributed by atoms with Gasteiger partial charge in [-0.15, -0.1) is 0 Å². The monoisotopic (exact) mass is 252 g/mol. The number of carbonyl (C=O) groups is 2. The molecule has 2 heterocycles. The number of imide groups is 1. The molecule has 0 bridgehead atoms. The fraction of sp³-hybridized carbons (Fsp3) is 0.750. The van der Waals surface area contributed by atoms with Gasteiger partial charge in [0.15, 0.2) is 5.41 Å². The predicted octanol–water partition coefficient (Wildman–Crippen LogP) is 0.687. The quantitative estimate of drug-likeness (QED) is 0.687. The number of aliphatic hydroxyl groups is 1. The highest BCUT2D eigenvalue weighted by atomic mass is 16.5. The predicted molar refractivity (Wildman–Crippen MR) is 62.0 cm³/mol. The Morgan fingerprint density at radius 3 is 2.89 bits per heavy atom. The van der Waals surface area contributed by atoms with Crippen LogP contribution in [0.3, 0.4) is 0 Å². The second kappa shape index (κ2) is 3.32. The molecular weight excluding hydrogens is 236 g/mol. The average molecular weight is 252 g/mol. The van der Waals surface area contributed by atoms with Crippen molar-refractivity contribution in [2.24, 2.45) is 10.4 Å². The van der Waals surface area contributed by atoms with Crippen LogP contribution < -0.4 is 0 Å². The lowest BCUT2D eigenvalue weighted by Crippen LogP contribution is -2.61. The number of rotatable bonds is 0. The zero-order valence-corrected chi connectivity index (χ0v) is 10.5. The van der Waals surface area contributed by atoms with Crippen LogP contribution in [0.2, 0.25) is 0 Å². The number of carbonyl (C=O) groups excluding carboxylic acids is 2. The zero-order chi connectivity index (χ0) is 13.1. The van der Waals surface area contributed by atoms with E-state index in [1.165, 1.54) is 7.05 Å². The van der Waals surface area contributed by atoms with Gasteiger partial charge in [0.2, 0.25) is 11.8 Å². The third kappa shape index (κ3) is 1.09. The fourth-order valence-corrected chi connectivity index (χ4v) is 3.29. The molecule has 0 radical (unpaired) electrons. The van der Waals surface area contributed by atoms with Crippen LogP contribution in [0.5, 0.6) is 0 Å². The van der Waals surface area contributed by atoms with Crippen molar-refractivity contribution in [3.05, 3.63) is 0 Å². The van der Waals surface area contributed by atoms with Crippen LogP contribution in [-0.2, 0) is 9.53 Å². The van der Waals surface area contributed by atoms with Gasteiger partial charge in [-0.1, -0.05) is 6.42 Å². The Morgan fingerprint density at radius 1 is 1.44 bits per heavy atom. The molecule has 1 saturated carbocycles. The Bertz CT molecular complexity index is 475. The van der Waals surface area contributed by atoms with Gasteiger partial charge in [-0.2, -0.15) is 4.99 Å². The maximum absolute atomic E-state index is 12.4. The number of amides is 3. The third-order valence-electron chi connectivity index (χ3n) is 4.57. The second-order valence-electron chi connectivity index (χ2n) is 5.47. The highest BCUT2D eigenvalue weighted by Crippen LogP contribution is 2.52. The number of fused-ring (bicyclic) bond motifs is 3. The summed E-state index contributed by atoms with van der Waals surface area (Å²) in [7, 11) is 1.38. The summed E-state index contributed by atoms with van der Waals surface area (Å²) in [5.74, 6) is -0.339. The first-order valence-corrected chi connectivity index (χ1v) is 6.21. The van der Waals surface area contributed by atoms with E-state index in [2.05, 4.69) is 4.99 Å². The molecule has 3 aliphatic rings. The molecule has 3 amide bonds. The van der Waals surface area contributed by atoms with Crippen molar-refractivity contribution < 1.29 is 19.4 Å². The third-order valence-corrected chi connectivity index (χ3v) is 4.57. The lowest BCUT2D eigenvalue weighted by atomic mass is 9.65. The van der Waals surface area contributed by atoms with Gasteiger partial charge in [0, 0.05) is 7.05 Å². The van der Waals surface area contributed by atoms with E-state index in [1.807, 2.05) is 0 Å². The topological polar surface area (TPSA) is 79.2 Å². The molecule has 0 aromatic rings. The molecule has 2 aliphatic heterocycles. The summed E-state index contributed by atoms with van der Waals surface area (Å²) in [6.45, 7) is 1.63. The lowest BCUT2D eigenvalue weighted by molar-refractivity contribution is -0.153. The number of ether oxygens (including phenoxy) is 1. The molecule has 3 rings (SSSR count). The maximum atomic E-state index is 12.4. The summed E-state index contributed by atoms with van der Waals surface area (Å²) in [4.78, 5) is 28.7. The van der Waals surface area contributed by atoms with Gasteiger partial charge >= 0.3 is 6.03 Å². The summed E-state index contributed by atoms with van der Waals surface area (Å²) < 4.78 is 5.60. The minimum absolute atomic E-state index is 0.0880. The molecule has 2 fully saturated rings. The molecular formula is C12H16N2O4. The fourth-order valence-electron chi connectivity index (χ4n) is 3.29. The van der Waals surface area contributed by atoms with E-state index in [0.717, 1.165) is 17.7 Å². The van der Waals surface area contributed by atoms with Crippen LogP contribution in [0.4, 0.5) is 4.79 Å². The van der Waals surface area contributed by atoms with Crippen molar-refractivity contribution in [2.75, 3.05) is 7.05 Å². The Balaban J connectivity index is 2.15. The van der Waals surface area contributed by atoms with Crippen LogP contribution in [0.1, 0.15) is 32.6 Å². The Morgan fingerprint density at radius 2 is 2.17 bits per heavy atom. The van der Waals surface area contributed by atoms with Gasteiger partial charge in [0.1, 0.15) is 11.7 Å². The van der Waals surface area contributed by atoms with Crippen LogP contribution in [0.25, 0.3) is 0 Å². The largest absolute Gasteiger partial charge is 0.473 e. The first kappa shape index (κ1) is 11.6. The molecule has 0 aromatic heterocycles. The number of hydrogen-bond donors (Lipinski definition) is 1. The number of nitrogens with zero attached hydrogens (tertiary/aromatic N) is 2. The molecule has 6 heteroatoms. The SMILES string of the molecule is CN1C(=O)N=C2OC3CCCCC3(O)C2(C)C1=O. The number of hydrogen-bond acceptors (Lipinski definition) is 4. The second-order valence-corrected chi connectivity index (χ2v) is 5.47. The molecule has 98 valence electrons.